The summed E-state index contributed by atoms with van der Waals surface area (Å²) in [7, 11) is 0. The maximum Gasteiger partial charge on any atom is 0.307 e. The van der Waals surface area contributed by atoms with Gasteiger partial charge in [-0.05, 0) is 24.5 Å². The number of Topliss-reactive ketones (excluding diaryl/α,β-unsaturated/α-hetero) is 1. The number of carbonyl (C=O) groups excluding carboxylic acids is 1. The highest BCUT2D eigenvalue weighted by Gasteiger charge is 2.21. The molecule has 0 bridgehead atoms. The summed E-state index contributed by atoms with van der Waals surface area (Å²) in [4.78, 5) is 23.5. The van der Waals surface area contributed by atoms with Gasteiger partial charge in [-0.25, -0.2) is 0 Å². The summed E-state index contributed by atoms with van der Waals surface area (Å²) in [6.07, 6.45) is 0.743. The van der Waals surface area contributed by atoms with Gasteiger partial charge in [-0.3, -0.25) is 9.59 Å². The molecule has 2 aromatic rings. The van der Waals surface area contributed by atoms with Gasteiger partial charge in [0, 0.05) is 12.8 Å². The van der Waals surface area contributed by atoms with Crippen LogP contribution in [0.4, 0.5) is 0 Å². The molecule has 0 amide bonds. The van der Waals surface area contributed by atoms with E-state index in [-0.39, 0.29) is 12.2 Å². The number of carbonyl (C=O) groups is 2. The van der Waals surface area contributed by atoms with Crippen molar-refractivity contribution in [1.82, 2.24) is 0 Å². The Morgan fingerprint density at radius 1 is 0.955 bits per heavy atom. The van der Waals surface area contributed by atoms with E-state index in [1.165, 1.54) is 0 Å². The molecule has 0 saturated carbocycles. The smallest absolute Gasteiger partial charge is 0.307 e. The zero-order valence-corrected chi connectivity index (χ0v) is 12.7. The molecule has 0 aliphatic heterocycles. The predicted octanol–water partition coefficient (Wildman–Crippen LogP) is 3.44. The van der Waals surface area contributed by atoms with Crippen LogP contribution in [0.15, 0.2) is 54.6 Å². The van der Waals surface area contributed by atoms with E-state index in [1.54, 1.807) is 0 Å². The second-order valence-electron chi connectivity index (χ2n) is 5.63. The molecule has 0 aromatic heterocycles. The largest absolute Gasteiger partial charge is 0.481 e. The van der Waals surface area contributed by atoms with Crippen molar-refractivity contribution in [2.24, 2.45) is 5.92 Å². The standard InChI is InChI=1S/C19H20O3/c1-14-7-9-16(10-8-14)12-18(20)13-17(19(21)22)11-15-5-3-2-4-6-15/h2-10,17H,11-13H2,1H3,(H,21,22)/t17-/m1/s1. The first-order chi connectivity index (χ1) is 10.5. The van der Waals surface area contributed by atoms with E-state index in [0.29, 0.717) is 12.8 Å². The molecule has 114 valence electrons. The summed E-state index contributed by atoms with van der Waals surface area (Å²) in [6.45, 7) is 1.99. The Labute approximate surface area is 130 Å². The molecule has 2 rings (SSSR count). The second kappa shape index (κ2) is 7.55. The number of carboxylic acids is 1. The number of rotatable bonds is 7. The van der Waals surface area contributed by atoms with E-state index in [1.807, 2.05) is 61.5 Å². The average molecular weight is 296 g/mol. The lowest BCUT2D eigenvalue weighted by Gasteiger charge is -2.12. The quantitative estimate of drug-likeness (QED) is 0.851. The topological polar surface area (TPSA) is 54.4 Å². The molecule has 22 heavy (non-hydrogen) atoms. The van der Waals surface area contributed by atoms with Crippen LogP contribution in [0, 0.1) is 12.8 Å². The summed E-state index contributed by atoms with van der Waals surface area (Å²) in [6, 6.07) is 17.2. The minimum Gasteiger partial charge on any atom is -0.481 e. The molecule has 1 N–H and O–H groups in total. The van der Waals surface area contributed by atoms with Gasteiger partial charge in [0.15, 0.2) is 0 Å². The lowest BCUT2D eigenvalue weighted by Crippen LogP contribution is -2.21. The molecular formula is C19H20O3. The first kappa shape index (κ1) is 16.0. The molecule has 1 atom stereocenters. The van der Waals surface area contributed by atoms with Gasteiger partial charge < -0.3 is 5.11 Å². The zero-order chi connectivity index (χ0) is 15.9. The van der Waals surface area contributed by atoms with Crippen LogP contribution in [0.2, 0.25) is 0 Å². The molecule has 0 heterocycles. The molecule has 0 saturated heterocycles. The fraction of sp³-hybridized carbons (Fsp3) is 0.263. The molecule has 3 heteroatoms. The van der Waals surface area contributed by atoms with Gasteiger partial charge in [-0.1, -0.05) is 60.2 Å². The van der Waals surface area contributed by atoms with E-state index in [9.17, 15) is 14.7 Å². The number of benzene rings is 2. The van der Waals surface area contributed by atoms with Crippen molar-refractivity contribution >= 4 is 11.8 Å². The Balaban J connectivity index is 1.97. The Hall–Kier alpha value is -2.42. The van der Waals surface area contributed by atoms with Crippen molar-refractivity contribution in [2.75, 3.05) is 0 Å². The number of carboxylic acid groups (broad SMARTS) is 1. The van der Waals surface area contributed by atoms with Crippen molar-refractivity contribution < 1.29 is 14.7 Å². The van der Waals surface area contributed by atoms with Crippen molar-refractivity contribution in [3.05, 3.63) is 71.3 Å². The molecule has 0 fully saturated rings. The van der Waals surface area contributed by atoms with E-state index < -0.39 is 11.9 Å². The first-order valence-electron chi connectivity index (χ1n) is 7.38. The summed E-state index contributed by atoms with van der Waals surface area (Å²) < 4.78 is 0. The molecule has 2 aromatic carbocycles. The third kappa shape index (κ3) is 4.85. The van der Waals surface area contributed by atoms with Gasteiger partial charge in [0.2, 0.25) is 0 Å². The molecular weight excluding hydrogens is 276 g/mol. The maximum atomic E-state index is 12.1. The number of ketones is 1. The summed E-state index contributed by atoms with van der Waals surface area (Å²) in [5.41, 5.74) is 3.01. The van der Waals surface area contributed by atoms with Gasteiger partial charge in [0.25, 0.3) is 0 Å². The van der Waals surface area contributed by atoms with Crippen LogP contribution in [0.3, 0.4) is 0 Å². The minimum absolute atomic E-state index is 0.0350. The van der Waals surface area contributed by atoms with Crippen molar-refractivity contribution in [3.63, 3.8) is 0 Å². The van der Waals surface area contributed by atoms with E-state index >= 15 is 0 Å². The van der Waals surface area contributed by atoms with E-state index in [0.717, 1.165) is 16.7 Å². The fourth-order valence-electron chi connectivity index (χ4n) is 2.43. The van der Waals surface area contributed by atoms with Crippen molar-refractivity contribution in [1.29, 1.82) is 0 Å². The number of hydrogen-bond donors (Lipinski definition) is 1. The first-order valence-corrected chi connectivity index (χ1v) is 7.38. The number of aryl methyl sites for hydroxylation is 1. The van der Waals surface area contributed by atoms with E-state index in [2.05, 4.69) is 0 Å². The SMILES string of the molecule is Cc1ccc(CC(=O)C[C@@H](Cc2ccccc2)C(=O)O)cc1. The zero-order valence-electron chi connectivity index (χ0n) is 12.7. The third-order valence-electron chi connectivity index (χ3n) is 3.67. The summed E-state index contributed by atoms with van der Waals surface area (Å²) in [5, 5.41) is 9.33. The Morgan fingerprint density at radius 3 is 2.18 bits per heavy atom. The van der Waals surface area contributed by atoms with Crippen LogP contribution in [0.1, 0.15) is 23.1 Å². The van der Waals surface area contributed by atoms with Crippen LogP contribution in [0.5, 0.6) is 0 Å². The van der Waals surface area contributed by atoms with Crippen molar-refractivity contribution in [3.8, 4) is 0 Å². The molecule has 0 aliphatic rings. The molecule has 0 radical (unpaired) electrons. The van der Waals surface area contributed by atoms with E-state index in [4.69, 9.17) is 0 Å². The van der Waals surface area contributed by atoms with Crippen molar-refractivity contribution in [2.45, 2.75) is 26.2 Å². The molecule has 3 nitrogen and oxygen atoms in total. The monoisotopic (exact) mass is 296 g/mol. The summed E-state index contributed by atoms with van der Waals surface area (Å²) >= 11 is 0. The average Bonchev–Trinajstić information content (AvgIpc) is 2.50. The lowest BCUT2D eigenvalue weighted by molar-refractivity contribution is -0.143. The second-order valence-corrected chi connectivity index (χ2v) is 5.63. The Kier molecular flexibility index (Phi) is 5.48. The Morgan fingerprint density at radius 2 is 1.59 bits per heavy atom. The molecule has 0 spiro atoms. The van der Waals surface area contributed by atoms with Crippen LogP contribution >= 0.6 is 0 Å². The van der Waals surface area contributed by atoms with Crippen LogP contribution in [-0.2, 0) is 22.4 Å². The normalized spacial score (nSPS) is 11.9. The highest BCUT2D eigenvalue weighted by molar-refractivity contribution is 5.85. The maximum absolute atomic E-state index is 12.1. The number of aliphatic carboxylic acids is 1. The van der Waals surface area contributed by atoms with Crippen LogP contribution in [-0.4, -0.2) is 16.9 Å². The van der Waals surface area contributed by atoms with Gasteiger partial charge >= 0.3 is 5.97 Å². The van der Waals surface area contributed by atoms with Gasteiger partial charge in [-0.15, -0.1) is 0 Å². The lowest BCUT2D eigenvalue weighted by atomic mass is 9.92. The predicted molar refractivity (Wildman–Crippen MR) is 85.8 cm³/mol. The van der Waals surface area contributed by atoms with Gasteiger partial charge in [0.1, 0.15) is 5.78 Å². The minimum atomic E-state index is -0.916. The summed E-state index contributed by atoms with van der Waals surface area (Å²) in [5.74, 6) is -1.62. The molecule has 0 unspecified atom stereocenters. The van der Waals surface area contributed by atoms with Gasteiger partial charge in [-0.2, -0.15) is 0 Å². The number of hydrogen-bond acceptors (Lipinski definition) is 2. The Bertz CT molecular complexity index is 629. The fourth-order valence-corrected chi connectivity index (χ4v) is 2.43. The highest BCUT2D eigenvalue weighted by atomic mass is 16.4. The van der Waals surface area contributed by atoms with Gasteiger partial charge in [0.05, 0.1) is 5.92 Å². The molecule has 0 aliphatic carbocycles. The highest BCUT2D eigenvalue weighted by Crippen LogP contribution is 2.15. The third-order valence-corrected chi connectivity index (χ3v) is 3.67. The van der Waals surface area contributed by atoms with Crippen LogP contribution in [0.25, 0.3) is 0 Å². The van der Waals surface area contributed by atoms with Crippen LogP contribution < -0.4 is 0 Å².